The smallest absolute Gasteiger partial charge is 0.268 e. The van der Waals surface area contributed by atoms with E-state index in [0.717, 1.165) is 95.9 Å². The molecule has 408 valence electrons. The molecule has 0 unspecified atom stereocenters. The number of hydrogen-bond donors (Lipinski definition) is 0. The molecule has 7 heteroatoms. The number of fused-ring (bicyclic) bond motifs is 9. The van der Waals surface area contributed by atoms with Crippen molar-refractivity contribution in [3.63, 3.8) is 0 Å². The first-order valence-corrected chi connectivity index (χ1v) is 28.6. The standard InChI is InChI=1S/C74H68N4O2.Pt/c1-70(2,3)48-32-37-75-68(40-48)78-64-42-51(28-29-54(64)56-43-57-55-20-12-15-25-66(55)80-67(57)44-65(56)78)79-50-19-16-18-49(41-50)76-45-77(63-24-14-13-23-62(63)76)69-52(46-26-30-58-60(38-46)73(8,9)35-33-71(58,4)5)21-17-22-53(69)47-27-31-59-61(39-47)74(10,11)36-34-72(59,6)7;/h12-32,37-40,43-44H,33-36H2,1-11H3;/q-2;. The van der Waals surface area contributed by atoms with Crippen LogP contribution in [0.1, 0.15) is 130 Å². The second-order valence-corrected chi connectivity index (χ2v) is 26.6. The second kappa shape index (κ2) is 18.8. The van der Waals surface area contributed by atoms with E-state index in [9.17, 15) is 0 Å². The summed E-state index contributed by atoms with van der Waals surface area (Å²) in [6.07, 6.45) is 10.5. The zero-order valence-corrected chi connectivity index (χ0v) is 50.6. The zero-order valence-electron chi connectivity index (χ0n) is 48.3. The van der Waals surface area contributed by atoms with Crippen LogP contribution in [0.2, 0.25) is 0 Å². The number of furan rings is 1. The van der Waals surface area contributed by atoms with Crippen LogP contribution in [0.5, 0.6) is 11.5 Å². The summed E-state index contributed by atoms with van der Waals surface area (Å²) in [5.41, 5.74) is 19.4. The molecule has 0 fully saturated rings. The Hall–Kier alpha value is -7.53. The van der Waals surface area contributed by atoms with Gasteiger partial charge in [-0.25, -0.2) is 4.98 Å². The molecule has 0 N–H and O–H groups in total. The van der Waals surface area contributed by atoms with Crippen LogP contribution in [-0.2, 0) is 48.1 Å². The van der Waals surface area contributed by atoms with Crippen LogP contribution in [0.3, 0.4) is 0 Å². The number of hydrogen-bond acceptors (Lipinski definition) is 3. The van der Waals surface area contributed by atoms with Crippen molar-refractivity contribution in [1.29, 1.82) is 0 Å². The molecule has 0 atom stereocenters. The van der Waals surface area contributed by atoms with Gasteiger partial charge in [0.05, 0.1) is 16.7 Å². The predicted octanol–water partition coefficient (Wildman–Crippen LogP) is 18.8. The number of rotatable bonds is 7. The molecule has 0 bridgehead atoms. The zero-order chi connectivity index (χ0) is 55.3. The summed E-state index contributed by atoms with van der Waals surface area (Å²) in [5.74, 6) is 1.94. The maximum atomic E-state index is 6.85. The van der Waals surface area contributed by atoms with E-state index in [1.807, 2.05) is 36.5 Å². The van der Waals surface area contributed by atoms with Gasteiger partial charge in [0.2, 0.25) is 0 Å². The summed E-state index contributed by atoms with van der Waals surface area (Å²) in [7, 11) is 0. The van der Waals surface area contributed by atoms with Crippen molar-refractivity contribution in [2.75, 3.05) is 0 Å². The van der Waals surface area contributed by atoms with Crippen molar-refractivity contribution in [1.82, 2.24) is 14.1 Å². The van der Waals surface area contributed by atoms with Crippen molar-refractivity contribution < 1.29 is 34.8 Å². The van der Waals surface area contributed by atoms with Crippen LogP contribution < -0.4 is 9.30 Å². The van der Waals surface area contributed by atoms with Gasteiger partial charge in [-0.3, -0.25) is 4.57 Å². The number of benzene rings is 8. The number of aromatic nitrogens is 4. The molecule has 12 aromatic rings. The summed E-state index contributed by atoms with van der Waals surface area (Å²) >= 11 is 0. The minimum absolute atomic E-state index is 0. The Bertz CT molecular complexity index is 4420. The fourth-order valence-electron chi connectivity index (χ4n) is 13.4. The average Bonchev–Trinajstić information content (AvgIpc) is 4.18. The van der Waals surface area contributed by atoms with E-state index in [4.69, 9.17) is 14.1 Å². The SMILES string of the molecule is CC(C)(C)c1ccnc(-n2c3[c-]c(Oc4[c-]c(-n5[c-][n+](-c6c(-c7ccc8c(c7)C(C)(C)CCC8(C)C)cccc6-c6ccc7c(c6)C(C)(C)CCC7(C)C)c6ccccc65)ccc4)ccc3c3cc4c(cc32)oc2ccccc24)c1.[Pt]. The third kappa shape index (κ3) is 8.69. The molecule has 0 spiro atoms. The quantitative estimate of drug-likeness (QED) is 0.118. The van der Waals surface area contributed by atoms with Crippen molar-refractivity contribution in [3.05, 3.63) is 210 Å². The van der Waals surface area contributed by atoms with E-state index >= 15 is 0 Å². The minimum Gasteiger partial charge on any atom is -0.510 e. The molecule has 2 aliphatic carbocycles. The summed E-state index contributed by atoms with van der Waals surface area (Å²) < 4.78 is 19.9. The Labute approximate surface area is 490 Å². The summed E-state index contributed by atoms with van der Waals surface area (Å²) in [5, 5.41) is 4.30. The number of para-hydroxylation sites is 4. The molecule has 81 heavy (non-hydrogen) atoms. The van der Waals surface area contributed by atoms with Gasteiger partial charge in [-0.2, -0.15) is 18.2 Å². The Kier molecular flexibility index (Phi) is 12.2. The van der Waals surface area contributed by atoms with Crippen molar-refractivity contribution in [2.24, 2.45) is 0 Å². The molecule has 0 saturated heterocycles. The van der Waals surface area contributed by atoms with E-state index in [2.05, 4.69) is 236 Å². The summed E-state index contributed by atoms with van der Waals surface area (Å²) in [6, 6.07) is 64.7. The number of pyridine rings is 1. The Morgan fingerprint density at radius 3 is 1.83 bits per heavy atom. The minimum atomic E-state index is -0.0816. The van der Waals surface area contributed by atoms with Crippen molar-refractivity contribution >= 4 is 54.8 Å². The maximum absolute atomic E-state index is 6.85. The molecular formula is C74H68N4O2Pt-2. The van der Waals surface area contributed by atoms with Crippen LogP contribution in [-0.4, -0.2) is 14.1 Å². The van der Waals surface area contributed by atoms with Gasteiger partial charge >= 0.3 is 0 Å². The number of imidazole rings is 1. The molecule has 4 aromatic heterocycles. The van der Waals surface area contributed by atoms with Gasteiger partial charge in [-0.15, -0.1) is 29.7 Å². The van der Waals surface area contributed by atoms with Crippen molar-refractivity contribution in [3.8, 4) is 50.9 Å². The first kappa shape index (κ1) is 52.8. The second-order valence-electron chi connectivity index (χ2n) is 26.6. The van der Waals surface area contributed by atoms with E-state index in [1.165, 1.54) is 51.8 Å². The first-order chi connectivity index (χ1) is 38.2. The van der Waals surface area contributed by atoms with Gasteiger partial charge in [-0.05, 0) is 132 Å². The molecule has 2 aliphatic rings. The van der Waals surface area contributed by atoms with Crippen LogP contribution in [0, 0.1) is 18.5 Å². The van der Waals surface area contributed by atoms with Crippen molar-refractivity contribution in [2.45, 2.75) is 129 Å². The maximum Gasteiger partial charge on any atom is 0.268 e. The van der Waals surface area contributed by atoms with E-state index in [1.54, 1.807) is 0 Å². The number of ether oxygens (including phenoxy) is 1. The third-order valence-electron chi connectivity index (χ3n) is 18.4. The van der Waals surface area contributed by atoms with Gasteiger partial charge in [0.25, 0.3) is 6.33 Å². The Morgan fingerprint density at radius 1 is 0.531 bits per heavy atom. The predicted molar refractivity (Wildman–Crippen MR) is 327 cm³/mol. The first-order valence-electron chi connectivity index (χ1n) is 28.6. The molecule has 6 nitrogen and oxygen atoms in total. The molecule has 0 amide bonds. The molecule has 0 aliphatic heterocycles. The molecule has 0 saturated carbocycles. The third-order valence-corrected chi connectivity index (χ3v) is 18.4. The normalized spacial score (nSPS) is 16.2. The molecule has 14 rings (SSSR count). The van der Waals surface area contributed by atoms with Crippen LogP contribution in [0.15, 0.2) is 168 Å². The van der Waals surface area contributed by atoms with Crippen LogP contribution in [0.4, 0.5) is 0 Å². The van der Waals surface area contributed by atoms with Gasteiger partial charge < -0.3 is 18.3 Å². The van der Waals surface area contributed by atoms with Crippen LogP contribution in [0.25, 0.3) is 94.2 Å². The number of nitrogens with zero attached hydrogens (tertiary/aromatic N) is 4. The molecule has 8 aromatic carbocycles. The molecular weight excluding hydrogens is 1170 g/mol. The van der Waals surface area contributed by atoms with Gasteiger partial charge in [0, 0.05) is 61.1 Å². The monoisotopic (exact) mass is 1240 g/mol. The summed E-state index contributed by atoms with van der Waals surface area (Å²) in [6.45, 7) is 26.0. The topological polar surface area (TPSA) is 49.0 Å². The largest absolute Gasteiger partial charge is 0.510 e. The van der Waals surface area contributed by atoms with Crippen LogP contribution >= 0.6 is 0 Å². The molecule has 4 heterocycles. The molecule has 0 radical (unpaired) electrons. The van der Waals surface area contributed by atoms with Gasteiger partial charge in [-0.1, -0.05) is 185 Å². The average molecular weight is 1240 g/mol. The van der Waals surface area contributed by atoms with Gasteiger partial charge in [0.15, 0.2) is 0 Å². The summed E-state index contributed by atoms with van der Waals surface area (Å²) in [4.78, 5) is 4.98. The van der Waals surface area contributed by atoms with Gasteiger partial charge in [0.1, 0.15) is 17.0 Å². The van der Waals surface area contributed by atoms with E-state index in [-0.39, 0.29) is 48.1 Å². The fourth-order valence-corrected chi connectivity index (χ4v) is 13.4. The fraction of sp³-hybridized carbons (Fsp3) is 0.270. The Morgan fingerprint density at radius 2 is 1.15 bits per heavy atom. The van der Waals surface area contributed by atoms with E-state index < -0.39 is 0 Å². The van der Waals surface area contributed by atoms with E-state index in [0.29, 0.717) is 11.5 Å². The Balaban J connectivity index is 0.00000618.